The molecule has 4 heteroatoms. The Labute approximate surface area is 105 Å². The fraction of sp³-hybridized carbons (Fsp3) is 0.500. The number of hydrogen-bond acceptors (Lipinski definition) is 2. The van der Waals surface area contributed by atoms with Gasteiger partial charge in [-0.15, -0.1) is 0 Å². The second-order valence-electron chi connectivity index (χ2n) is 5.56. The Kier molecular flexibility index (Phi) is 2.14. The minimum absolute atomic E-state index is 0.0342. The summed E-state index contributed by atoms with van der Waals surface area (Å²) in [5.74, 6) is 1.50. The molecule has 2 aromatic rings. The zero-order valence-electron chi connectivity index (χ0n) is 10.2. The Balaban J connectivity index is 1.85. The molecule has 1 saturated heterocycles. The first-order chi connectivity index (χ1) is 8.84. The second kappa shape index (κ2) is 3.72. The van der Waals surface area contributed by atoms with Gasteiger partial charge in [-0.1, -0.05) is 0 Å². The lowest BCUT2D eigenvalue weighted by Crippen LogP contribution is -2.21. The topological polar surface area (TPSA) is 49.8 Å². The van der Waals surface area contributed by atoms with Crippen molar-refractivity contribution in [2.45, 2.75) is 18.9 Å². The molecule has 1 saturated carbocycles. The lowest BCUT2D eigenvalue weighted by atomic mass is 9.97. The van der Waals surface area contributed by atoms with Crippen molar-refractivity contribution in [1.82, 2.24) is 14.9 Å². The van der Waals surface area contributed by atoms with Gasteiger partial charge in [-0.05, 0) is 43.4 Å². The van der Waals surface area contributed by atoms with E-state index in [0.29, 0.717) is 12.0 Å². The molecule has 3 unspecified atom stereocenters. The number of aromatic nitrogens is 2. The number of rotatable bonds is 1. The molecule has 3 heterocycles. The van der Waals surface area contributed by atoms with Gasteiger partial charge in [0.2, 0.25) is 0 Å². The molecule has 94 valence electrons. The Morgan fingerprint density at radius 2 is 2.17 bits per heavy atom. The van der Waals surface area contributed by atoms with E-state index in [1.54, 1.807) is 6.20 Å². The van der Waals surface area contributed by atoms with E-state index in [1.165, 1.54) is 12.8 Å². The predicted molar refractivity (Wildman–Crippen MR) is 70.7 cm³/mol. The molecule has 2 fully saturated rings. The lowest BCUT2D eigenvalue weighted by Gasteiger charge is -2.20. The summed E-state index contributed by atoms with van der Waals surface area (Å²) in [4.78, 5) is 14.8. The molecule has 1 aliphatic carbocycles. The molecule has 2 aliphatic rings. The third kappa shape index (κ3) is 1.32. The molecule has 4 nitrogen and oxygen atoms in total. The van der Waals surface area contributed by atoms with Crippen molar-refractivity contribution in [3.8, 4) is 0 Å². The molecule has 0 amide bonds. The summed E-state index contributed by atoms with van der Waals surface area (Å²) in [5.41, 5.74) is 0.877. The molecule has 2 aromatic heterocycles. The molecule has 4 rings (SSSR count). The molecular formula is C14H17N3O. The third-order valence-corrected chi connectivity index (χ3v) is 4.72. The van der Waals surface area contributed by atoms with E-state index < -0.39 is 0 Å². The summed E-state index contributed by atoms with van der Waals surface area (Å²) in [6, 6.07) is 4.53. The Morgan fingerprint density at radius 3 is 3.11 bits per heavy atom. The van der Waals surface area contributed by atoms with Crippen LogP contribution in [0.15, 0.2) is 29.3 Å². The molecule has 18 heavy (non-hydrogen) atoms. The van der Waals surface area contributed by atoms with Crippen LogP contribution < -0.4 is 10.9 Å². The van der Waals surface area contributed by atoms with Gasteiger partial charge in [-0.3, -0.25) is 4.79 Å². The summed E-state index contributed by atoms with van der Waals surface area (Å²) in [5, 5.41) is 4.53. The molecule has 0 spiro atoms. The summed E-state index contributed by atoms with van der Waals surface area (Å²) in [7, 11) is 0. The van der Waals surface area contributed by atoms with Crippen molar-refractivity contribution >= 4 is 10.9 Å². The standard InChI is InChI=1S/C14H17N3O/c18-14-13-9(3-5-16-14)4-6-17(13)12-2-1-10-7-15-8-11(10)12/h3-6,10-12,15H,1-2,7-8H2,(H,16,18). The smallest absolute Gasteiger partial charge is 0.272 e. The maximum atomic E-state index is 12.0. The van der Waals surface area contributed by atoms with Gasteiger partial charge in [0, 0.05) is 30.4 Å². The first-order valence-electron chi connectivity index (χ1n) is 6.73. The van der Waals surface area contributed by atoms with Gasteiger partial charge in [-0.2, -0.15) is 0 Å². The minimum atomic E-state index is 0.0342. The van der Waals surface area contributed by atoms with Gasteiger partial charge in [0.05, 0.1) is 0 Å². The lowest BCUT2D eigenvalue weighted by molar-refractivity contribution is 0.377. The highest BCUT2D eigenvalue weighted by atomic mass is 16.1. The van der Waals surface area contributed by atoms with Gasteiger partial charge in [-0.25, -0.2) is 0 Å². The summed E-state index contributed by atoms with van der Waals surface area (Å²) in [6.45, 7) is 2.25. The molecule has 3 atom stereocenters. The zero-order valence-corrected chi connectivity index (χ0v) is 10.2. The highest BCUT2D eigenvalue weighted by molar-refractivity contribution is 5.78. The summed E-state index contributed by atoms with van der Waals surface area (Å²) >= 11 is 0. The van der Waals surface area contributed by atoms with Crippen LogP contribution in [0.4, 0.5) is 0 Å². The molecular weight excluding hydrogens is 226 g/mol. The zero-order chi connectivity index (χ0) is 12.1. The van der Waals surface area contributed by atoms with Crippen molar-refractivity contribution in [3.05, 3.63) is 34.9 Å². The number of aromatic amines is 1. The van der Waals surface area contributed by atoms with Gasteiger partial charge in [0.25, 0.3) is 5.56 Å². The number of nitrogens with zero attached hydrogens (tertiary/aromatic N) is 1. The summed E-state index contributed by atoms with van der Waals surface area (Å²) < 4.78 is 2.21. The normalized spacial score (nSPS) is 31.0. The number of fused-ring (bicyclic) bond motifs is 2. The molecule has 0 bridgehead atoms. The van der Waals surface area contributed by atoms with E-state index in [2.05, 4.69) is 27.1 Å². The largest absolute Gasteiger partial charge is 0.340 e. The number of pyridine rings is 1. The van der Waals surface area contributed by atoms with Crippen molar-refractivity contribution < 1.29 is 0 Å². The first kappa shape index (κ1) is 10.4. The van der Waals surface area contributed by atoms with Crippen molar-refractivity contribution in [3.63, 3.8) is 0 Å². The SMILES string of the molecule is O=c1[nH]ccc2ccn(C3CCC4CNCC43)c12. The van der Waals surface area contributed by atoms with Gasteiger partial charge >= 0.3 is 0 Å². The first-order valence-corrected chi connectivity index (χ1v) is 6.73. The van der Waals surface area contributed by atoms with E-state index in [0.717, 1.165) is 29.9 Å². The Morgan fingerprint density at radius 1 is 1.22 bits per heavy atom. The highest BCUT2D eigenvalue weighted by Crippen LogP contribution is 2.43. The fourth-order valence-electron chi connectivity index (χ4n) is 3.86. The van der Waals surface area contributed by atoms with Crippen LogP contribution in [0.5, 0.6) is 0 Å². The summed E-state index contributed by atoms with van der Waals surface area (Å²) in [6.07, 6.45) is 6.30. The third-order valence-electron chi connectivity index (χ3n) is 4.72. The number of nitrogens with one attached hydrogen (secondary N) is 2. The van der Waals surface area contributed by atoms with Crippen molar-refractivity contribution in [2.24, 2.45) is 11.8 Å². The van der Waals surface area contributed by atoms with Crippen LogP contribution in [-0.4, -0.2) is 22.6 Å². The van der Waals surface area contributed by atoms with Crippen LogP contribution in [0.25, 0.3) is 10.9 Å². The predicted octanol–water partition coefficient (Wildman–Crippen LogP) is 1.50. The molecule has 1 aliphatic heterocycles. The van der Waals surface area contributed by atoms with E-state index in [4.69, 9.17) is 0 Å². The van der Waals surface area contributed by atoms with Gasteiger partial charge in [0.15, 0.2) is 0 Å². The average molecular weight is 243 g/mol. The van der Waals surface area contributed by atoms with E-state index in [1.807, 2.05) is 6.07 Å². The van der Waals surface area contributed by atoms with Gasteiger partial charge in [0.1, 0.15) is 5.52 Å². The highest BCUT2D eigenvalue weighted by Gasteiger charge is 2.40. The fourth-order valence-corrected chi connectivity index (χ4v) is 3.86. The quantitative estimate of drug-likeness (QED) is 0.797. The average Bonchev–Trinajstić information content (AvgIpc) is 3.01. The molecule has 2 N–H and O–H groups in total. The van der Waals surface area contributed by atoms with Gasteiger partial charge < -0.3 is 14.9 Å². The van der Waals surface area contributed by atoms with Crippen molar-refractivity contribution in [2.75, 3.05) is 13.1 Å². The molecule has 0 radical (unpaired) electrons. The maximum Gasteiger partial charge on any atom is 0.272 e. The number of hydrogen-bond donors (Lipinski definition) is 2. The van der Waals surface area contributed by atoms with E-state index in [9.17, 15) is 4.79 Å². The van der Waals surface area contributed by atoms with Crippen LogP contribution in [0.3, 0.4) is 0 Å². The van der Waals surface area contributed by atoms with E-state index >= 15 is 0 Å². The van der Waals surface area contributed by atoms with Crippen LogP contribution in [0, 0.1) is 11.8 Å². The van der Waals surface area contributed by atoms with Crippen molar-refractivity contribution in [1.29, 1.82) is 0 Å². The van der Waals surface area contributed by atoms with Crippen LogP contribution in [0.1, 0.15) is 18.9 Å². The molecule has 0 aromatic carbocycles. The second-order valence-corrected chi connectivity index (χ2v) is 5.56. The van der Waals surface area contributed by atoms with Crippen LogP contribution >= 0.6 is 0 Å². The maximum absolute atomic E-state index is 12.0. The van der Waals surface area contributed by atoms with Crippen LogP contribution in [-0.2, 0) is 0 Å². The number of H-pyrrole nitrogens is 1. The van der Waals surface area contributed by atoms with Crippen LogP contribution in [0.2, 0.25) is 0 Å². The Bertz CT molecular complexity index is 642. The Hall–Kier alpha value is -1.55. The minimum Gasteiger partial charge on any atom is -0.340 e. The monoisotopic (exact) mass is 243 g/mol. The van der Waals surface area contributed by atoms with E-state index in [-0.39, 0.29) is 5.56 Å².